The van der Waals surface area contributed by atoms with E-state index in [0.717, 1.165) is 60.9 Å². The van der Waals surface area contributed by atoms with Gasteiger partial charge in [0.25, 0.3) is 5.91 Å². The Hall–Kier alpha value is -3.89. The third kappa shape index (κ3) is 9.61. The van der Waals surface area contributed by atoms with Crippen molar-refractivity contribution in [1.82, 2.24) is 15.3 Å². The summed E-state index contributed by atoms with van der Waals surface area (Å²) in [5, 5.41) is 14.9. The number of amides is 1. The molecule has 0 aliphatic heterocycles. The van der Waals surface area contributed by atoms with E-state index in [4.69, 9.17) is 19.9 Å². The number of hydrogen-bond donors (Lipinski definition) is 3. The van der Waals surface area contributed by atoms with E-state index in [0.29, 0.717) is 17.9 Å². The van der Waals surface area contributed by atoms with Crippen molar-refractivity contribution in [2.45, 2.75) is 64.1 Å². The zero-order valence-electron chi connectivity index (χ0n) is 23.7. The number of benzene rings is 2. The SMILES string of the molecule is CCCCc1ccc(C(=O)NCC2CCC(Nc3nc(N(C)C)c4ccccc4n3)CC2)cc1.O=C(O)C(F)(F)F. The van der Waals surface area contributed by atoms with E-state index in [1.807, 2.05) is 49.3 Å². The van der Waals surface area contributed by atoms with Crippen molar-refractivity contribution in [1.29, 1.82) is 0 Å². The maximum absolute atomic E-state index is 12.6. The van der Waals surface area contributed by atoms with E-state index in [1.54, 1.807) is 0 Å². The van der Waals surface area contributed by atoms with Gasteiger partial charge in [0.2, 0.25) is 5.95 Å². The Balaban J connectivity index is 0.000000587. The summed E-state index contributed by atoms with van der Waals surface area (Å²) >= 11 is 0. The van der Waals surface area contributed by atoms with Crippen LogP contribution >= 0.6 is 0 Å². The summed E-state index contributed by atoms with van der Waals surface area (Å²) in [6, 6.07) is 16.6. The Morgan fingerprint density at radius 2 is 1.63 bits per heavy atom. The van der Waals surface area contributed by atoms with Crippen LogP contribution in [-0.4, -0.2) is 59.8 Å². The number of carboxylic acid groups (broad SMARTS) is 1. The van der Waals surface area contributed by atoms with Crippen molar-refractivity contribution in [3.8, 4) is 0 Å². The second-order valence-corrected chi connectivity index (χ2v) is 10.5. The third-order valence-electron chi connectivity index (χ3n) is 7.02. The molecule has 222 valence electrons. The van der Waals surface area contributed by atoms with Gasteiger partial charge in [-0.15, -0.1) is 0 Å². The standard InChI is InChI=1S/C28H37N5O.C2HF3O2/c1-4-5-8-20-11-15-22(16-12-20)27(34)29-19-21-13-17-23(18-14-21)30-28-31-25-10-7-6-9-24(25)26(32-28)33(2)3;3-2(4,5)1(6)7/h6-7,9-12,15-16,21,23H,4-5,8,13-14,17-19H2,1-3H3,(H,29,34)(H,30,31,32);(H,6,7). The number of nitrogens with one attached hydrogen (secondary N) is 2. The van der Waals surface area contributed by atoms with Crippen molar-refractivity contribution in [2.24, 2.45) is 5.92 Å². The molecule has 1 amide bonds. The van der Waals surface area contributed by atoms with Crippen molar-refractivity contribution in [3.63, 3.8) is 0 Å². The van der Waals surface area contributed by atoms with Gasteiger partial charge in [-0.25, -0.2) is 9.78 Å². The van der Waals surface area contributed by atoms with Gasteiger partial charge < -0.3 is 20.6 Å². The molecule has 4 rings (SSSR count). The Morgan fingerprint density at radius 1 is 1.00 bits per heavy atom. The van der Waals surface area contributed by atoms with E-state index in [1.165, 1.54) is 18.4 Å². The summed E-state index contributed by atoms with van der Waals surface area (Å²) in [7, 11) is 4.03. The van der Waals surface area contributed by atoms with E-state index >= 15 is 0 Å². The van der Waals surface area contributed by atoms with E-state index in [-0.39, 0.29) is 5.91 Å². The number of anilines is 2. The van der Waals surface area contributed by atoms with Gasteiger partial charge >= 0.3 is 12.1 Å². The van der Waals surface area contributed by atoms with Crippen LogP contribution < -0.4 is 15.5 Å². The minimum atomic E-state index is -5.08. The molecule has 1 heterocycles. The molecule has 1 saturated carbocycles. The van der Waals surface area contributed by atoms with Gasteiger partial charge in [0, 0.05) is 37.6 Å². The highest BCUT2D eigenvalue weighted by Gasteiger charge is 2.38. The summed E-state index contributed by atoms with van der Waals surface area (Å²) in [6.07, 6.45) is 2.65. The number of carbonyl (C=O) groups is 2. The number of rotatable bonds is 9. The zero-order chi connectivity index (χ0) is 30.0. The molecule has 11 heteroatoms. The molecule has 0 unspecified atom stereocenters. The van der Waals surface area contributed by atoms with Crippen molar-refractivity contribution < 1.29 is 27.9 Å². The molecule has 0 saturated heterocycles. The van der Waals surface area contributed by atoms with Gasteiger partial charge in [-0.3, -0.25) is 4.79 Å². The Bertz CT molecular complexity index is 1290. The zero-order valence-corrected chi connectivity index (χ0v) is 23.7. The third-order valence-corrected chi connectivity index (χ3v) is 7.02. The monoisotopic (exact) mass is 573 g/mol. The summed E-state index contributed by atoms with van der Waals surface area (Å²) < 4.78 is 31.7. The topological polar surface area (TPSA) is 107 Å². The minimum Gasteiger partial charge on any atom is -0.475 e. The molecule has 3 N–H and O–H groups in total. The number of fused-ring (bicyclic) bond motifs is 1. The number of carboxylic acids is 1. The molecule has 0 atom stereocenters. The molecule has 0 spiro atoms. The Labute approximate surface area is 238 Å². The molecule has 3 aromatic rings. The second-order valence-electron chi connectivity index (χ2n) is 10.5. The molecule has 1 aromatic heterocycles. The first kappa shape index (κ1) is 31.6. The van der Waals surface area contributed by atoms with Crippen LogP contribution in [0.3, 0.4) is 0 Å². The first-order valence-electron chi connectivity index (χ1n) is 13.9. The first-order chi connectivity index (χ1) is 19.5. The maximum Gasteiger partial charge on any atom is 0.490 e. The van der Waals surface area contributed by atoms with Gasteiger partial charge in [0.05, 0.1) is 5.52 Å². The highest BCUT2D eigenvalue weighted by molar-refractivity contribution is 5.94. The largest absolute Gasteiger partial charge is 0.490 e. The predicted octanol–water partition coefficient (Wildman–Crippen LogP) is 6.07. The van der Waals surface area contributed by atoms with Crippen LogP contribution in [0.2, 0.25) is 0 Å². The second kappa shape index (κ2) is 14.7. The summed E-state index contributed by atoms with van der Waals surface area (Å²) in [4.78, 5) is 33.0. The van der Waals surface area contributed by atoms with Crippen LogP contribution in [0.15, 0.2) is 48.5 Å². The molecule has 1 fully saturated rings. The molecule has 41 heavy (non-hydrogen) atoms. The lowest BCUT2D eigenvalue weighted by Gasteiger charge is -2.29. The first-order valence-corrected chi connectivity index (χ1v) is 13.9. The van der Waals surface area contributed by atoms with Gasteiger partial charge in [0.1, 0.15) is 5.82 Å². The molecular formula is C30H38F3N5O3. The average Bonchev–Trinajstić information content (AvgIpc) is 2.95. The summed E-state index contributed by atoms with van der Waals surface area (Å²) in [5.74, 6) is -0.583. The molecular weight excluding hydrogens is 535 g/mol. The fraction of sp³-hybridized carbons (Fsp3) is 0.467. The van der Waals surface area contributed by atoms with Crippen LogP contribution in [0.25, 0.3) is 10.9 Å². The molecule has 0 radical (unpaired) electrons. The summed E-state index contributed by atoms with van der Waals surface area (Å²) in [6.45, 7) is 2.93. The fourth-order valence-electron chi connectivity index (χ4n) is 4.70. The number of alkyl halides is 3. The molecule has 1 aliphatic carbocycles. The number of para-hydroxylation sites is 1. The quantitative estimate of drug-likeness (QED) is 0.285. The molecule has 0 bridgehead atoms. The van der Waals surface area contributed by atoms with Crippen LogP contribution in [-0.2, 0) is 11.2 Å². The van der Waals surface area contributed by atoms with Gasteiger partial charge in [-0.2, -0.15) is 18.2 Å². The van der Waals surface area contributed by atoms with Gasteiger partial charge in [0.15, 0.2) is 0 Å². The number of aryl methyl sites for hydroxylation is 1. The van der Waals surface area contributed by atoms with Crippen molar-refractivity contribution in [2.75, 3.05) is 30.9 Å². The fourth-order valence-corrected chi connectivity index (χ4v) is 4.70. The average molecular weight is 574 g/mol. The number of carbonyl (C=O) groups excluding carboxylic acids is 1. The normalized spacial score (nSPS) is 16.8. The molecule has 1 aliphatic rings. The number of aromatic nitrogens is 2. The van der Waals surface area contributed by atoms with Crippen molar-refractivity contribution >= 4 is 34.5 Å². The van der Waals surface area contributed by atoms with Gasteiger partial charge in [-0.05, 0) is 74.3 Å². The number of aliphatic carboxylic acids is 1. The van der Waals surface area contributed by atoms with Crippen LogP contribution in [0, 0.1) is 5.92 Å². The smallest absolute Gasteiger partial charge is 0.475 e. The lowest BCUT2D eigenvalue weighted by atomic mass is 9.86. The predicted molar refractivity (Wildman–Crippen MR) is 154 cm³/mol. The van der Waals surface area contributed by atoms with E-state index in [9.17, 15) is 18.0 Å². The number of nitrogens with zero attached hydrogens (tertiary/aromatic N) is 3. The van der Waals surface area contributed by atoms with Gasteiger partial charge in [-0.1, -0.05) is 37.6 Å². The lowest BCUT2D eigenvalue weighted by molar-refractivity contribution is -0.192. The number of unbranched alkanes of at least 4 members (excludes halogenated alkanes) is 1. The maximum atomic E-state index is 12.6. The molecule has 2 aromatic carbocycles. The van der Waals surface area contributed by atoms with Crippen LogP contribution in [0.1, 0.15) is 61.4 Å². The summed E-state index contributed by atoms with van der Waals surface area (Å²) in [5.41, 5.74) is 3.01. The van der Waals surface area contributed by atoms with E-state index < -0.39 is 12.1 Å². The van der Waals surface area contributed by atoms with Crippen molar-refractivity contribution in [3.05, 3.63) is 59.7 Å². The highest BCUT2D eigenvalue weighted by atomic mass is 19.4. The minimum absolute atomic E-state index is 0.0306. The van der Waals surface area contributed by atoms with Crippen LogP contribution in [0.5, 0.6) is 0 Å². The van der Waals surface area contributed by atoms with E-state index in [2.05, 4.69) is 35.8 Å². The Kier molecular flexibility index (Phi) is 11.3. The number of halogens is 3. The molecule has 8 nitrogen and oxygen atoms in total. The Morgan fingerprint density at radius 3 is 2.22 bits per heavy atom. The highest BCUT2D eigenvalue weighted by Crippen LogP contribution is 2.28. The van der Waals surface area contributed by atoms with Crippen LogP contribution in [0.4, 0.5) is 24.9 Å². The lowest BCUT2D eigenvalue weighted by Crippen LogP contribution is -2.34. The number of hydrogen-bond acceptors (Lipinski definition) is 6.